The molecule has 0 amide bonds. The minimum Gasteiger partial charge on any atom is -0.376 e. The Hall–Kier alpha value is -0.880. The van der Waals surface area contributed by atoms with E-state index in [9.17, 15) is 5.11 Å². The second kappa shape index (κ2) is 18.2. The van der Waals surface area contributed by atoms with Gasteiger partial charge in [-0.3, -0.25) is 0 Å². The molecular formula is C22H48N2O4. The third-order valence-electron chi connectivity index (χ3n) is 5.78. The van der Waals surface area contributed by atoms with E-state index in [2.05, 4.69) is 20.8 Å². The van der Waals surface area contributed by atoms with Crippen LogP contribution in [-0.4, -0.2) is 21.1 Å². The van der Waals surface area contributed by atoms with Gasteiger partial charge in [-0.05, 0) is 13.3 Å². The lowest BCUT2D eigenvalue weighted by molar-refractivity contribution is -0.742. The van der Waals surface area contributed by atoms with Gasteiger partial charge in [0.05, 0.1) is 0 Å². The largest absolute Gasteiger partial charge is 0.376 e. The third-order valence-corrected chi connectivity index (χ3v) is 5.78. The molecule has 0 spiro atoms. The van der Waals surface area contributed by atoms with Gasteiger partial charge in [0, 0.05) is 5.41 Å². The predicted molar refractivity (Wildman–Crippen MR) is 117 cm³/mol. The molecule has 0 aromatic heterocycles. The van der Waals surface area contributed by atoms with Gasteiger partial charge >= 0.3 is 0 Å². The van der Waals surface area contributed by atoms with Gasteiger partial charge < -0.3 is 16.0 Å². The number of hydrogen-bond acceptors (Lipinski definition) is 4. The number of aliphatic hydroxyl groups is 1. The first-order valence-electron chi connectivity index (χ1n) is 11.4. The minimum absolute atomic E-state index is 0.191. The van der Waals surface area contributed by atoms with Gasteiger partial charge in [0.25, 0.3) is 5.09 Å². The van der Waals surface area contributed by atoms with E-state index in [0.717, 1.165) is 6.42 Å². The van der Waals surface area contributed by atoms with Crippen LogP contribution in [0.1, 0.15) is 130 Å². The van der Waals surface area contributed by atoms with Gasteiger partial charge in [0.2, 0.25) is 0 Å². The molecule has 0 aromatic carbocycles. The van der Waals surface area contributed by atoms with Gasteiger partial charge in [-0.25, -0.2) is 0 Å². The maximum atomic E-state index is 9.94. The standard InChI is InChI=1S/C22H47NO.HNO3/c1-5-6-7-8-9-10-11-12-13-14-15-16-17-18-19-20-21(2,3)22(4,23)24;2-1(3)4/h24H,5-20,23H2,1-4H3;(H,2,3,4). The molecule has 6 heteroatoms. The molecule has 0 saturated carbocycles. The summed E-state index contributed by atoms with van der Waals surface area (Å²) in [5, 5.41) is 23.6. The van der Waals surface area contributed by atoms with E-state index >= 15 is 0 Å². The van der Waals surface area contributed by atoms with E-state index < -0.39 is 10.8 Å². The average molecular weight is 405 g/mol. The Kier molecular flexibility index (Phi) is 19.0. The molecule has 0 saturated heterocycles. The Bertz CT molecular complexity index is 351. The van der Waals surface area contributed by atoms with E-state index in [-0.39, 0.29) is 5.41 Å². The summed E-state index contributed by atoms with van der Waals surface area (Å²) in [6.07, 6.45) is 21.9. The summed E-state index contributed by atoms with van der Waals surface area (Å²) in [5.41, 5.74) is 4.57. The zero-order chi connectivity index (χ0) is 21.9. The molecule has 0 bridgehead atoms. The van der Waals surface area contributed by atoms with Crippen LogP contribution in [0.5, 0.6) is 0 Å². The van der Waals surface area contributed by atoms with Gasteiger partial charge in [-0.1, -0.05) is 117 Å². The van der Waals surface area contributed by atoms with Crippen LogP contribution in [0.25, 0.3) is 0 Å². The highest BCUT2D eigenvalue weighted by molar-refractivity contribution is 4.84. The highest BCUT2D eigenvalue weighted by Gasteiger charge is 2.34. The van der Waals surface area contributed by atoms with Crippen molar-refractivity contribution in [3.05, 3.63) is 10.1 Å². The van der Waals surface area contributed by atoms with E-state index in [4.69, 9.17) is 21.1 Å². The first-order valence-corrected chi connectivity index (χ1v) is 11.4. The van der Waals surface area contributed by atoms with Crippen molar-refractivity contribution in [2.45, 2.75) is 136 Å². The molecule has 0 fully saturated rings. The second-order valence-electron chi connectivity index (χ2n) is 8.97. The first-order chi connectivity index (χ1) is 13.0. The maximum Gasteiger partial charge on any atom is 0.291 e. The Morgan fingerprint density at radius 3 is 1.25 bits per heavy atom. The fourth-order valence-electron chi connectivity index (χ4n) is 3.19. The Morgan fingerprint density at radius 1 is 0.750 bits per heavy atom. The summed E-state index contributed by atoms with van der Waals surface area (Å²) >= 11 is 0. The third kappa shape index (κ3) is 21.4. The summed E-state index contributed by atoms with van der Waals surface area (Å²) in [4.78, 5) is 8.36. The van der Waals surface area contributed by atoms with Crippen molar-refractivity contribution in [2.24, 2.45) is 11.1 Å². The first kappa shape index (κ1) is 29.3. The lowest BCUT2D eigenvalue weighted by Crippen LogP contribution is -2.49. The summed E-state index contributed by atoms with van der Waals surface area (Å²) < 4.78 is 0. The molecule has 170 valence electrons. The zero-order valence-corrected chi connectivity index (χ0v) is 19.0. The van der Waals surface area contributed by atoms with Crippen molar-refractivity contribution in [1.82, 2.24) is 0 Å². The summed E-state index contributed by atoms with van der Waals surface area (Å²) in [7, 11) is 0. The lowest BCUT2D eigenvalue weighted by atomic mass is 9.78. The summed E-state index contributed by atoms with van der Waals surface area (Å²) in [5.74, 6) is 0. The normalized spacial score (nSPS) is 13.5. The zero-order valence-electron chi connectivity index (χ0n) is 19.0. The lowest BCUT2D eigenvalue weighted by Gasteiger charge is -2.37. The Labute approximate surface area is 173 Å². The molecule has 0 rings (SSSR count). The molecule has 0 aliphatic rings. The van der Waals surface area contributed by atoms with Crippen LogP contribution >= 0.6 is 0 Å². The molecular weight excluding hydrogens is 356 g/mol. The van der Waals surface area contributed by atoms with E-state index in [1.807, 2.05) is 0 Å². The molecule has 0 radical (unpaired) electrons. The molecule has 4 N–H and O–H groups in total. The van der Waals surface area contributed by atoms with Gasteiger partial charge in [-0.15, -0.1) is 10.1 Å². The van der Waals surface area contributed by atoms with Crippen LogP contribution in [0.3, 0.4) is 0 Å². The molecule has 0 aliphatic carbocycles. The van der Waals surface area contributed by atoms with Crippen molar-refractivity contribution in [2.75, 3.05) is 0 Å². The molecule has 1 atom stereocenters. The van der Waals surface area contributed by atoms with E-state index in [1.165, 1.54) is 96.3 Å². The summed E-state index contributed by atoms with van der Waals surface area (Å²) in [6.45, 7) is 8.14. The van der Waals surface area contributed by atoms with Crippen molar-refractivity contribution in [3.8, 4) is 0 Å². The van der Waals surface area contributed by atoms with Crippen LogP contribution in [0.4, 0.5) is 0 Å². The predicted octanol–water partition coefficient (Wildman–Crippen LogP) is 6.59. The van der Waals surface area contributed by atoms with E-state index in [1.54, 1.807) is 6.92 Å². The fourth-order valence-corrected chi connectivity index (χ4v) is 3.19. The number of nitrogens with zero attached hydrogens (tertiary/aromatic N) is 1. The molecule has 0 heterocycles. The smallest absolute Gasteiger partial charge is 0.291 e. The molecule has 0 aliphatic heterocycles. The monoisotopic (exact) mass is 404 g/mol. The Morgan fingerprint density at radius 2 is 1.00 bits per heavy atom. The Balaban J connectivity index is 0. The van der Waals surface area contributed by atoms with Gasteiger partial charge in [-0.2, -0.15) is 0 Å². The minimum atomic E-state index is -1.50. The van der Waals surface area contributed by atoms with Crippen molar-refractivity contribution in [1.29, 1.82) is 0 Å². The molecule has 28 heavy (non-hydrogen) atoms. The van der Waals surface area contributed by atoms with Crippen LogP contribution in [0, 0.1) is 15.5 Å². The van der Waals surface area contributed by atoms with Crippen molar-refractivity contribution >= 4 is 0 Å². The number of nitrogens with two attached hydrogens (primary N) is 1. The van der Waals surface area contributed by atoms with Crippen LogP contribution in [0.15, 0.2) is 0 Å². The van der Waals surface area contributed by atoms with Crippen LogP contribution in [-0.2, 0) is 0 Å². The fraction of sp³-hybridized carbons (Fsp3) is 1.00. The number of unbranched alkanes of at least 4 members (excludes halogenated alkanes) is 14. The highest BCUT2D eigenvalue weighted by Crippen LogP contribution is 2.32. The summed E-state index contributed by atoms with van der Waals surface area (Å²) in [6, 6.07) is 0. The maximum absolute atomic E-state index is 9.94. The second-order valence-corrected chi connectivity index (χ2v) is 8.97. The van der Waals surface area contributed by atoms with Crippen molar-refractivity contribution < 1.29 is 15.4 Å². The topological polar surface area (TPSA) is 110 Å². The van der Waals surface area contributed by atoms with Gasteiger partial charge in [0.1, 0.15) is 5.72 Å². The molecule has 6 nitrogen and oxygen atoms in total. The van der Waals surface area contributed by atoms with E-state index in [0.29, 0.717) is 0 Å². The number of hydrogen-bond donors (Lipinski definition) is 3. The van der Waals surface area contributed by atoms with Gasteiger partial charge in [0.15, 0.2) is 0 Å². The SMILES string of the molecule is CCCCCCCCCCCCCCCCCC(C)(C)C(C)(N)O.O=[N+]([O-])O. The molecule has 0 aromatic rings. The molecule has 1 unspecified atom stereocenters. The highest BCUT2D eigenvalue weighted by atomic mass is 16.9. The van der Waals surface area contributed by atoms with Crippen LogP contribution < -0.4 is 5.73 Å². The average Bonchev–Trinajstić information content (AvgIpc) is 2.56. The quantitative estimate of drug-likeness (QED) is 0.110. The van der Waals surface area contributed by atoms with Crippen molar-refractivity contribution in [3.63, 3.8) is 0 Å². The number of rotatable bonds is 17. The van der Waals surface area contributed by atoms with Crippen LogP contribution in [0.2, 0.25) is 0 Å².